The molecule has 1 heteroatoms. The van der Waals surface area contributed by atoms with Crippen molar-refractivity contribution >= 4 is 0 Å². The van der Waals surface area contributed by atoms with E-state index in [0.717, 1.165) is 30.8 Å². The van der Waals surface area contributed by atoms with E-state index >= 15 is 0 Å². The van der Waals surface area contributed by atoms with Gasteiger partial charge in [-0.3, -0.25) is 0 Å². The number of rotatable bonds is 3. The average molecular weight is 317 g/mol. The Kier molecular flexibility index (Phi) is 3.19. The molecule has 4 aliphatic carbocycles. The number of fused-ring (bicyclic) bond motifs is 5. The van der Waals surface area contributed by atoms with Crippen molar-refractivity contribution in [2.45, 2.75) is 52.1 Å². The lowest BCUT2D eigenvalue weighted by molar-refractivity contribution is -0.0787. The Labute approximate surface area is 145 Å². The lowest BCUT2D eigenvalue weighted by Gasteiger charge is -2.59. The summed E-state index contributed by atoms with van der Waals surface area (Å²) in [5, 5.41) is 3.85. The van der Waals surface area contributed by atoms with E-state index in [1.165, 1.54) is 47.1 Å². The third kappa shape index (κ3) is 2.18. The molecule has 0 heterocycles. The molecule has 1 N–H and O–H groups in total. The largest absolute Gasteiger partial charge is 0.310 e. The van der Waals surface area contributed by atoms with Crippen LogP contribution in [0.4, 0.5) is 0 Å². The smallest absolute Gasteiger partial charge is 0.0208 e. The highest BCUT2D eigenvalue weighted by atomic mass is 14.9. The van der Waals surface area contributed by atoms with Gasteiger partial charge in [-0.15, -0.1) is 0 Å². The van der Waals surface area contributed by atoms with Crippen molar-refractivity contribution in [3.8, 4) is 11.1 Å². The first-order valence-corrected chi connectivity index (χ1v) is 9.55. The minimum Gasteiger partial charge on any atom is -0.310 e. The van der Waals surface area contributed by atoms with E-state index in [1.807, 2.05) is 0 Å². The van der Waals surface area contributed by atoms with Crippen LogP contribution in [0.25, 0.3) is 11.1 Å². The van der Waals surface area contributed by atoms with Crippen molar-refractivity contribution in [2.24, 2.45) is 17.3 Å². The Balaban J connectivity index is 1.26. The first kappa shape index (κ1) is 14.7. The maximum atomic E-state index is 3.85. The molecule has 0 aliphatic heterocycles. The molecule has 0 radical (unpaired) electrons. The molecule has 124 valence electrons. The van der Waals surface area contributed by atoms with Gasteiger partial charge in [-0.2, -0.15) is 0 Å². The fourth-order valence-electron chi connectivity index (χ4n) is 5.44. The average Bonchev–Trinajstić information content (AvgIpc) is 2.98. The molecule has 2 unspecified atom stereocenters. The van der Waals surface area contributed by atoms with E-state index < -0.39 is 0 Å². The van der Waals surface area contributed by atoms with Gasteiger partial charge in [0.15, 0.2) is 0 Å². The zero-order chi connectivity index (χ0) is 16.3. The molecule has 0 aromatic heterocycles. The molecular weight excluding hydrogens is 290 g/mol. The van der Waals surface area contributed by atoms with Gasteiger partial charge in [-0.05, 0) is 70.8 Å². The zero-order valence-electron chi connectivity index (χ0n) is 14.8. The molecule has 0 saturated heterocycles. The minimum absolute atomic E-state index is 0.609. The van der Waals surface area contributed by atoms with Crippen molar-refractivity contribution in [3.05, 3.63) is 59.2 Å². The summed E-state index contributed by atoms with van der Waals surface area (Å²) in [4.78, 5) is 0. The molecule has 4 aliphatic rings. The predicted molar refractivity (Wildman–Crippen MR) is 99.9 cm³/mol. The normalized spacial score (nSPS) is 28.8. The molecule has 0 amide bonds. The lowest BCUT2D eigenvalue weighted by Crippen LogP contribution is -2.55. The summed E-state index contributed by atoms with van der Waals surface area (Å²) in [6.45, 7) is 5.97. The van der Waals surface area contributed by atoms with E-state index in [2.05, 4.69) is 61.6 Å². The maximum Gasteiger partial charge on any atom is 0.0208 e. The van der Waals surface area contributed by atoms with Crippen molar-refractivity contribution < 1.29 is 0 Å². The highest BCUT2D eigenvalue weighted by molar-refractivity contribution is 5.76. The molecule has 2 bridgehead atoms. The molecule has 3 saturated carbocycles. The monoisotopic (exact) mass is 317 g/mol. The number of hydrogen-bond acceptors (Lipinski definition) is 1. The topological polar surface area (TPSA) is 12.0 Å². The van der Waals surface area contributed by atoms with Crippen LogP contribution in [0, 0.1) is 17.3 Å². The van der Waals surface area contributed by atoms with Crippen molar-refractivity contribution in [1.82, 2.24) is 5.32 Å². The van der Waals surface area contributed by atoms with Crippen molar-refractivity contribution in [2.75, 3.05) is 0 Å². The molecular formula is C23H27N. The second-order valence-corrected chi connectivity index (χ2v) is 8.83. The summed E-state index contributed by atoms with van der Waals surface area (Å²) in [5.41, 5.74) is 7.91. The Morgan fingerprint density at radius 1 is 0.917 bits per heavy atom. The van der Waals surface area contributed by atoms with E-state index in [9.17, 15) is 0 Å². The summed E-state index contributed by atoms with van der Waals surface area (Å²) < 4.78 is 0. The third-order valence-electron chi connectivity index (χ3n) is 7.26. The molecule has 1 nitrogen and oxygen atoms in total. The Hall–Kier alpha value is -1.60. The van der Waals surface area contributed by atoms with E-state index in [4.69, 9.17) is 0 Å². The van der Waals surface area contributed by atoms with E-state index in [0.29, 0.717) is 5.41 Å². The summed E-state index contributed by atoms with van der Waals surface area (Å²) in [6, 6.07) is 16.6. The summed E-state index contributed by atoms with van der Waals surface area (Å²) >= 11 is 0. The van der Waals surface area contributed by atoms with Gasteiger partial charge >= 0.3 is 0 Å². The molecule has 2 atom stereocenters. The van der Waals surface area contributed by atoms with Gasteiger partial charge in [-0.25, -0.2) is 0 Å². The minimum atomic E-state index is 0.609. The summed E-state index contributed by atoms with van der Waals surface area (Å²) in [6.07, 6.45) is 5.32. The van der Waals surface area contributed by atoms with Crippen LogP contribution in [0.15, 0.2) is 42.5 Å². The van der Waals surface area contributed by atoms with Crippen LogP contribution in [0.5, 0.6) is 0 Å². The molecule has 0 spiro atoms. The van der Waals surface area contributed by atoms with Crippen molar-refractivity contribution in [3.63, 3.8) is 0 Å². The van der Waals surface area contributed by atoms with Gasteiger partial charge in [0.25, 0.3) is 0 Å². The Morgan fingerprint density at radius 3 is 2.46 bits per heavy atom. The van der Waals surface area contributed by atoms with Crippen molar-refractivity contribution in [1.29, 1.82) is 0 Å². The standard InChI is InChI=1S/C23H27N/c1-23(2)18-11-19(23)13-20(12-18)24-14-15-7-8-22-17(9-15)10-16-5-3-4-6-21(16)22/h3-9,18-20,24H,10-14H2,1-2H3. The second kappa shape index (κ2) is 5.20. The second-order valence-electron chi connectivity index (χ2n) is 8.83. The van der Waals surface area contributed by atoms with Crippen LogP contribution in [-0.4, -0.2) is 6.04 Å². The Bertz CT molecular complexity index is 774. The highest BCUT2D eigenvalue weighted by Crippen LogP contribution is 2.59. The van der Waals surface area contributed by atoms with Gasteiger partial charge in [0, 0.05) is 12.6 Å². The molecule has 6 rings (SSSR count). The molecule has 2 aromatic carbocycles. The lowest BCUT2D eigenvalue weighted by atomic mass is 9.48. The van der Waals surface area contributed by atoms with Crippen LogP contribution in [0.2, 0.25) is 0 Å². The van der Waals surface area contributed by atoms with Crippen LogP contribution in [0.1, 0.15) is 49.8 Å². The third-order valence-corrected chi connectivity index (χ3v) is 7.26. The molecule has 3 fully saturated rings. The first-order valence-electron chi connectivity index (χ1n) is 9.55. The fourth-order valence-corrected chi connectivity index (χ4v) is 5.44. The molecule has 2 aromatic rings. The van der Waals surface area contributed by atoms with Gasteiger partial charge in [0.05, 0.1) is 0 Å². The van der Waals surface area contributed by atoms with Crippen LogP contribution in [0.3, 0.4) is 0 Å². The molecule has 24 heavy (non-hydrogen) atoms. The summed E-state index contributed by atoms with van der Waals surface area (Å²) in [7, 11) is 0. The quantitative estimate of drug-likeness (QED) is 0.702. The van der Waals surface area contributed by atoms with Crippen LogP contribution < -0.4 is 5.32 Å². The number of nitrogens with one attached hydrogen (secondary N) is 1. The van der Waals surface area contributed by atoms with Crippen LogP contribution in [-0.2, 0) is 13.0 Å². The summed E-state index contributed by atoms with van der Waals surface area (Å²) in [5.74, 6) is 1.89. The zero-order valence-corrected chi connectivity index (χ0v) is 14.8. The predicted octanol–water partition coefficient (Wildman–Crippen LogP) is 5.17. The first-order chi connectivity index (χ1) is 11.6. The van der Waals surface area contributed by atoms with E-state index in [-0.39, 0.29) is 0 Å². The van der Waals surface area contributed by atoms with Gasteiger partial charge in [-0.1, -0.05) is 56.3 Å². The van der Waals surface area contributed by atoms with Gasteiger partial charge < -0.3 is 5.32 Å². The van der Waals surface area contributed by atoms with Crippen LogP contribution >= 0.6 is 0 Å². The Morgan fingerprint density at radius 2 is 1.67 bits per heavy atom. The highest BCUT2D eigenvalue weighted by Gasteiger charge is 2.52. The number of hydrogen-bond donors (Lipinski definition) is 1. The van der Waals surface area contributed by atoms with Gasteiger partial charge in [0.2, 0.25) is 0 Å². The van der Waals surface area contributed by atoms with Gasteiger partial charge in [0.1, 0.15) is 0 Å². The SMILES string of the molecule is CC1(C)C2CC(NCc3ccc4c(c3)Cc3ccccc3-4)CC1C2. The van der Waals surface area contributed by atoms with E-state index in [1.54, 1.807) is 0 Å². The maximum absolute atomic E-state index is 3.85. The number of benzene rings is 2. The fraction of sp³-hybridized carbons (Fsp3) is 0.478.